The second-order valence-corrected chi connectivity index (χ2v) is 6.82. The molecule has 1 atom stereocenters. The van der Waals surface area contributed by atoms with E-state index in [0.29, 0.717) is 11.1 Å². The molecule has 0 spiro atoms. The molecule has 0 aliphatic carbocycles. The first-order valence-electron chi connectivity index (χ1n) is 8.14. The number of nitrogens with zero attached hydrogens (tertiary/aromatic N) is 1. The van der Waals surface area contributed by atoms with Gasteiger partial charge in [0.15, 0.2) is 0 Å². The molecule has 0 fully saturated rings. The summed E-state index contributed by atoms with van der Waals surface area (Å²) in [7, 11) is 0. The summed E-state index contributed by atoms with van der Waals surface area (Å²) in [5, 5.41) is 14.2. The number of aryl methyl sites for hydroxylation is 1. The number of rotatable bonds is 8. The van der Waals surface area contributed by atoms with Gasteiger partial charge in [0, 0.05) is 13.2 Å². The third kappa shape index (κ3) is 5.63. The van der Waals surface area contributed by atoms with Crippen LogP contribution in [0.1, 0.15) is 28.4 Å². The fraction of sp³-hybridized carbons (Fsp3) is 0.353. The molecule has 2 rings (SSSR count). The smallest absolute Gasteiger partial charge is 0.319 e. The van der Waals surface area contributed by atoms with Crippen LogP contribution in [0.3, 0.4) is 0 Å². The molecule has 0 aliphatic rings. The van der Waals surface area contributed by atoms with Crippen molar-refractivity contribution >= 4 is 28.5 Å². The van der Waals surface area contributed by atoms with E-state index in [-0.39, 0.29) is 47.9 Å². The lowest BCUT2D eigenvalue weighted by Crippen LogP contribution is -2.33. The van der Waals surface area contributed by atoms with Gasteiger partial charge < -0.3 is 20.9 Å². The minimum atomic E-state index is -0.812. The van der Waals surface area contributed by atoms with E-state index in [1.54, 1.807) is 26.0 Å². The van der Waals surface area contributed by atoms with Crippen molar-refractivity contribution in [3.63, 3.8) is 0 Å². The Bertz CT molecular complexity index is 827. The Kier molecular flexibility index (Phi) is 7.08. The summed E-state index contributed by atoms with van der Waals surface area (Å²) in [6.45, 7) is 3.60. The molecule has 146 valence electrons. The van der Waals surface area contributed by atoms with Gasteiger partial charge in [-0.3, -0.25) is 10.1 Å². The first kappa shape index (κ1) is 20.6. The Morgan fingerprint density at radius 1 is 1.44 bits per heavy atom. The summed E-state index contributed by atoms with van der Waals surface area (Å²) < 4.78 is 23.1. The van der Waals surface area contributed by atoms with Gasteiger partial charge in [-0.1, -0.05) is 19.1 Å². The van der Waals surface area contributed by atoms with E-state index in [2.05, 4.69) is 15.0 Å². The van der Waals surface area contributed by atoms with Crippen LogP contribution in [0.4, 0.5) is 14.2 Å². The summed E-state index contributed by atoms with van der Waals surface area (Å²) >= 11 is 0.842. The minimum Gasteiger partial charge on any atom is -0.472 e. The number of benzene rings is 1. The van der Waals surface area contributed by atoms with Crippen LogP contribution in [0.2, 0.25) is 0 Å². The van der Waals surface area contributed by atoms with Gasteiger partial charge in [-0.15, -0.1) is 0 Å². The van der Waals surface area contributed by atoms with Crippen molar-refractivity contribution in [1.82, 2.24) is 9.69 Å². The fourth-order valence-electron chi connectivity index (χ4n) is 2.03. The average Bonchev–Trinajstić information content (AvgIpc) is 3.03. The van der Waals surface area contributed by atoms with Crippen LogP contribution in [0.5, 0.6) is 5.88 Å². The van der Waals surface area contributed by atoms with Crippen molar-refractivity contribution in [2.75, 3.05) is 18.5 Å². The molecule has 0 bridgehead atoms. The molecule has 1 aromatic carbocycles. The van der Waals surface area contributed by atoms with Crippen LogP contribution in [0.25, 0.3) is 0 Å². The predicted octanol–water partition coefficient (Wildman–Crippen LogP) is 2.02. The molecule has 8 nitrogen and oxygen atoms in total. The monoisotopic (exact) mass is 396 g/mol. The van der Waals surface area contributed by atoms with Crippen LogP contribution >= 0.6 is 11.5 Å². The molecule has 3 amide bonds. The van der Waals surface area contributed by atoms with E-state index in [9.17, 15) is 14.0 Å². The van der Waals surface area contributed by atoms with Gasteiger partial charge in [-0.2, -0.15) is 4.37 Å². The highest BCUT2D eigenvalue weighted by Crippen LogP contribution is 2.30. The van der Waals surface area contributed by atoms with E-state index < -0.39 is 11.9 Å². The molecule has 0 saturated heterocycles. The van der Waals surface area contributed by atoms with Gasteiger partial charge in [0.25, 0.3) is 5.91 Å². The Hall–Kier alpha value is -2.72. The van der Waals surface area contributed by atoms with Crippen LogP contribution in [0.15, 0.2) is 18.2 Å². The largest absolute Gasteiger partial charge is 0.472 e. The molecule has 10 heteroatoms. The van der Waals surface area contributed by atoms with Gasteiger partial charge >= 0.3 is 6.03 Å². The Balaban J connectivity index is 2.06. The summed E-state index contributed by atoms with van der Waals surface area (Å²) in [6, 6.07) is 4.09. The zero-order valence-electron chi connectivity index (χ0n) is 14.9. The highest BCUT2D eigenvalue weighted by atomic mass is 32.1. The van der Waals surface area contributed by atoms with E-state index >= 15 is 0 Å². The number of hydrogen-bond donors (Lipinski definition) is 4. The summed E-state index contributed by atoms with van der Waals surface area (Å²) in [5.74, 6) is -1.32. The van der Waals surface area contributed by atoms with Crippen molar-refractivity contribution in [1.29, 1.82) is 0 Å². The number of primary amides is 1. The highest BCUT2D eigenvalue weighted by molar-refractivity contribution is 7.11. The normalized spacial score (nSPS) is 11.7. The number of carbonyl (C=O) groups excluding carboxylic acids is 2. The maximum Gasteiger partial charge on any atom is 0.319 e. The molecule has 0 aliphatic heterocycles. The minimum absolute atomic E-state index is 0.0130. The summed E-state index contributed by atoms with van der Waals surface area (Å²) in [5.41, 5.74) is 6.39. The fourth-order valence-corrected chi connectivity index (χ4v) is 2.77. The van der Waals surface area contributed by atoms with E-state index in [4.69, 9.17) is 15.6 Å². The number of ether oxygens (including phenoxy) is 1. The second kappa shape index (κ2) is 9.28. The Morgan fingerprint density at radius 3 is 2.81 bits per heavy atom. The third-order valence-corrected chi connectivity index (χ3v) is 4.41. The van der Waals surface area contributed by atoms with Crippen LogP contribution in [-0.4, -0.2) is 34.6 Å². The lowest BCUT2D eigenvalue weighted by molar-refractivity contribution is 0.0996. The van der Waals surface area contributed by atoms with Crippen molar-refractivity contribution in [2.24, 2.45) is 11.7 Å². The number of halogens is 1. The maximum atomic E-state index is 13.6. The molecular weight excluding hydrogens is 375 g/mol. The SMILES string of the molecule is Cc1ccc(COc2nsc(NC(=O)NCC(C)CO)c2C(N)=O)cc1F. The Labute approximate surface area is 159 Å². The van der Waals surface area contributed by atoms with Gasteiger partial charge in [0.05, 0.1) is 0 Å². The molecule has 1 unspecified atom stereocenters. The van der Waals surface area contributed by atoms with E-state index in [1.165, 1.54) is 6.07 Å². The van der Waals surface area contributed by atoms with Crippen molar-refractivity contribution in [2.45, 2.75) is 20.5 Å². The number of hydrogen-bond acceptors (Lipinski definition) is 6. The molecule has 2 aromatic rings. The summed E-state index contributed by atoms with van der Waals surface area (Å²) in [6.07, 6.45) is 0. The second-order valence-electron chi connectivity index (χ2n) is 6.05. The molecule has 27 heavy (non-hydrogen) atoms. The number of carbonyl (C=O) groups is 2. The number of urea groups is 1. The lowest BCUT2D eigenvalue weighted by Gasteiger charge is -2.10. The molecule has 0 radical (unpaired) electrons. The van der Waals surface area contributed by atoms with Crippen molar-refractivity contribution in [3.8, 4) is 5.88 Å². The molecular formula is C17H21FN4O4S. The number of aromatic nitrogens is 1. The zero-order valence-corrected chi connectivity index (χ0v) is 15.7. The van der Waals surface area contributed by atoms with E-state index in [0.717, 1.165) is 11.5 Å². The Morgan fingerprint density at radius 2 is 2.19 bits per heavy atom. The number of amides is 3. The van der Waals surface area contributed by atoms with Gasteiger partial charge in [0.1, 0.15) is 23.0 Å². The third-order valence-electron chi connectivity index (χ3n) is 3.67. The standard InChI is InChI=1S/C17H21FN4O4S/c1-9(7-23)6-20-17(25)21-16-13(14(19)24)15(22-27-16)26-8-11-4-3-10(2)12(18)5-11/h3-5,9,23H,6-8H2,1-2H3,(H2,19,24)(H2,20,21,25). The topological polar surface area (TPSA) is 127 Å². The summed E-state index contributed by atoms with van der Waals surface area (Å²) in [4.78, 5) is 23.7. The maximum absolute atomic E-state index is 13.6. The molecule has 1 aromatic heterocycles. The molecule has 1 heterocycles. The van der Waals surface area contributed by atoms with Crippen LogP contribution in [0, 0.1) is 18.7 Å². The zero-order chi connectivity index (χ0) is 20.0. The van der Waals surface area contributed by atoms with E-state index in [1.807, 2.05) is 0 Å². The van der Waals surface area contributed by atoms with Crippen molar-refractivity contribution in [3.05, 3.63) is 40.7 Å². The van der Waals surface area contributed by atoms with Crippen LogP contribution < -0.4 is 21.1 Å². The number of nitrogens with two attached hydrogens (primary N) is 1. The molecule has 0 saturated carbocycles. The first-order chi connectivity index (χ1) is 12.8. The molecule has 5 N–H and O–H groups in total. The van der Waals surface area contributed by atoms with Crippen LogP contribution in [-0.2, 0) is 6.61 Å². The quantitative estimate of drug-likeness (QED) is 0.543. The van der Waals surface area contributed by atoms with Gasteiger partial charge in [-0.05, 0) is 41.6 Å². The van der Waals surface area contributed by atoms with Crippen molar-refractivity contribution < 1.29 is 23.8 Å². The van der Waals surface area contributed by atoms with Gasteiger partial charge in [0.2, 0.25) is 5.88 Å². The highest BCUT2D eigenvalue weighted by Gasteiger charge is 2.22. The number of anilines is 1. The van der Waals surface area contributed by atoms with Gasteiger partial charge in [-0.25, -0.2) is 9.18 Å². The number of nitrogens with one attached hydrogen (secondary N) is 2. The number of aliphatic hydroxyl groups excluding tert-OH is 1. The average molecular weight is 396 g/mol. The lowest BCUT2D eigenvalue weighted by atomic mass is 10.1. The predicted molar refractivity (Wildman–Crippen MR) is 99.4 cm³/mol. The number of aliphatic hydroxyl groups is 1. The first-order valence-corrected chi connectivity index (χ1v) is 8.92.